The largest absolute Gasteiger partial charge is 0.326 e. The molecule has 1 aromatic rings. The minimum absolute atomic E-state index is 0. The molecule has 20 heavy (non-hydrogen) atoms. The fraction of sp³-hybridized carbons (Fsp3) is 0.429. The number of carbonyl (C=O) groups excluding carboxylic acids is 2. The van der Waals surface area contributed by atoms with Crippen molar-refractivity contribution in [1.82, 2.24) is 4.90 Å². The summed E-state index contributed by atoms with van der Waals surface area (Å²) in [5.74, 6) is -0.0867. The first-order chi connectivity index (χ1) is 9.04. The Morgan fingerprint density at radius 3 is 2.80 bits per heavy atom. The van der Waals surface area contributed by atoms with Gasteiger partial charge in [0.15, 0.2) is 5.78 Å². The fourth-order valence-corrected chi connectivity index (χ4v) is 2.23. The summed E-state index contributed by atoms with van der Waals surface area (Å²) in [6.07, 6.45) is 0.938. The highest BCUT2D eigenvalue weighted by Gasteiger charge is 2.20. The van der Waals surface area contributed by atoms with Crippen molar-refractivity contribution in [3.8, 4) is 0 Å². The van der Waals surface area contributed by atoms with Crippen LogP contribution in [0.1, 0.15) is 23.7 Å². The van der Waals surface area contributed by atoms with Crippen LogP contribution in [0.15, 0.2) is 24.3 Å². The van der Waals surface area contributed by atoms with Gasteiger partial charge in [0.25, 0.3) is 0 Å². The second kappa shape index (κ2) is 7.38. The van der Waals surface area contributed by atoms with Gasteiger partial charge in [-0.25, -0.2) is 0 Å². The summed E-state index contributed by atoms with van der Waals surface area (Å²) in [6, 6.07) is 7.14. The average Bonchev–Trinajstić information content (AvgIpc) is 2.74. The number of rotatable bonds is 4. The van der Waals surface area contributed by atoms with Crippen LogP contribution in [-0.4, -0.2) is 42.3 Å². The van der Waals surface area contributed by atoms with Gasteiger partial charge in [-0.3, -0.25) is 14.5 Å². The summed E-state index contributed by atoms with van der Waals surface area (Å²) in [6.45, 7) is 3.48. The molecule has 1 atom stereocenters. The third-order valence-electron chi connectivity index (χ3n) is 3.23. The van der Waals surface area contributed by atoms with Gasteiger partial charge < -0.3 is 11.1 Å². The highest BCUT2D eigenvalue weighted by atomic mass is 35.5. The number of benzene rings is 1. The lowest BCUT2D eigenvalue weighted by molar-refractivity contribution is -0.117. The maximum Gasteiger partial charge on any atom is 0.238 e. The van der Waals surface area contributed by atoms with Gasteiger partial charge in [0.05, 0.1) is 6.54 Å². The molecule has 1 aliphatic heterocycles. The van der Waals surface area contributed by atoms with Crippen molar-refractivity contribution in [1.29, 1.82) is 0 Å². The van der Waals surface area contributed by atoms with Gasteiger partial charge in [0.2, 0.25) is 5.91 Å². The van der Waals surface area contributed by atoms with Gasteiger partial charge in [-0.15, -0.1) is 12.4 Å². The molecule has 0 aliphatic carbocycles. The Bertz CT molecular complexity index is 493. The number of Topliss-reactive ketones (excluding diaryl/α,β-unsaturated/α-hetero) is 1. The number of nitrogens with zero attached hydrogens (tertiary/aromatic N) is 1. The molecular weight excluding hydrogens is 278 g/mol. The average molecular weight is 298 g/mol. The summed E-state index contributed by atoms with van der Waals surface area (Å²) in [5.41, 5.74) is 7.05. The maximum atomic E-state index is 11.9. The van der Waals surface area contributed by atoms with Crippen molar-refractivity contribution >= 4 is 29.8 Å². The van der Waals surface area contributed by atoms with E-state index in [2.05, 4.69) is 5.32 Å². The zero-order valence-corrected chi connectivity index (χ0v) is 12.3. The molecule has 0 aromatic heterocycles. The monoisotopic (exact) mass is 297 g/mol. The van der Waals surface area contributed by atoms with E-state index in [1.807, 2.05) is 4.90 Å². The van der Waals surface area contributed by atoms with E-state index in [4.69, 9.17) is 5.73 Å². The number of hydrogen-bond donors (Lipinski definition) is 2. The standard InChI is InChI=1S/C14H19N3O2.ClH/c1-10(18)11-3-2-4-13(7-11)16-14(19)9-17-6-5-12(15)8-17;/h2-4,7,12H,5-6,8-9,15H2,1H3,(H,16,19);1H/t12-;/m0./s1. The Hall–Kier alpha value is -1.43. The highest BCUT2D eigenvalue weighted by molar-refractivity contribution is 5.97. The van der Waals surface area contributed by atoms with E-state index in [0.717, 1.165) is 19.5 Å². The van der Waals surface area contributed by atoms with Gasteiger partial charge in [-0.1, -0.05) is 12.1 Å². The predicted molar refractivity (Wildman–Crippen MR) is 81.4 cm³/mol. The van der Waals surface area contributed by atoms with Crippen LogP contribution in [0.3, 0.4) is 0 Å². The topological polar surface area (TPSA) is 75.4 Å². The number of ketones is 1. The van der Waals surface area contributed by atoms with Crippen molar-refractivity contribution in [2.75, 3.05) is 25.0 Å². The SMILES string of the molecule is CC(=O)c1cccc(NC(=O)CN2CC[C@H](N)C2)c1.Cl. The lowest BCUT2D eigenvalue weighted by Gasteiger charge is -2.14. The molecule has 5 nitrogen and oxygen atoms in total. The van der Waals surface area contributed by atoms with Crippen molar-refractivity contribution in [2.24, 2.45) is 5.73 Å². The first kappa shape index (κ1) is 16.6. The number of nitrogens with one attached hydrogen (secondary N) is 1. The number of likely N-dealkylation sites (tertiary alicyclic amines) is 1. The fourth-order valence-electron chi connectivity index (χ4n) is 2.23. The molecule has 3 N–H and O–H groups in total. The molecule has 0 bridgehead atoms. The van der Waals surface area contributed by atoms with E-state index in [1.165, 1.54) is 6.92 Å². The lowest BCUT2D eigenvalue weighted by atomic mass is 10.1. The van der Waals surface area contributed by atoms with Crippen LogP contribution in [0, 0.1) is 0 Å². The Labute approximate surface area is 124 Å². The van der Waals surface area contributed by atoms with Gasteiger partial charge in [-0.05, 0) is 25.5 Å². The van der Waals surface area contributed by atoms with Crippen molar-refractivity contribution in [2.45, 2.75) is 19.4 Å². The highest BCUT2D eigenvalue weighted by Crippen LogP contribution is 2.12. The minimum Gasteiger partial charge on any atom is -0.326 e. The lowest BCUT2D eigenvalue weighted by Crippen LogP contribution is -2.33. The third-order valence-corrected chi connectivity index (χ3v) is 3.23. The van der Waals surface area contributed by atoms with Crippen LogP contribution in [-0.2, 0) is 4.79 Å². The Morgan fingerprint density at radius 2 is 2.20 bits per heavy atom. The molecule has 1 heterocycles. The number of nitrogens with two attached hydrogens (primary N) is 1. The first-order valence-corrected chi connectivity index (χ1v) is 6.43. The van der Waals surface area contributed by atoms with Crippen LogP contribution >= 0.6 is 12.4 Å². The van der Waals surface area contributed by atoms with Crippen molar-refractivity contribution in [3.05, 3.63) is 29.8 Å². The van der Waals surface area contributed by atoms with E-state index in [0.29, 0.717) is 17.8 Å². The minimum atomic E-state index is -0.0743. The first-order valence-electron chi connectivity index (χ1n) is 6.43. The van der Waals surface area contributed by atoms with Gasteiger partial charge in [0.1, 0.15) is 0 Å². The van der Waals surface area contributed by atoms with Gasteiger partial charge in [0, 0.05) is 30.4 Å². The molecule has 0 spiro atoms. The molecule has 1 saturated heterocycles. The van der Waals surface area contributed by atoms with Crippen LogP contribution in [0.25, 0.3) is 0 Å². The van der Waals surface area contributed by atoms with Crippen molar-refractivity contribution < 1.29 is 9.59 Å². The molecule has 110 valence electrons. The Morgan fingerprint density at radius 1 is 1.45 bits per heavy atom. The number of carbonyl (C=O) groups is 2. The van der Waals surface area contributed by atoms with E-state index in [-0.39, 0.29) is 30.1 Å². The summed E-state index contributed by atoms with van der Waals surface area (Å²) in [4.78, 5) is 25.2. The van der Waals surface area contributed by atoms with Crippen LogP contribution < -0.4 is 11.1 Å². The second-order valence-corrected chi connectivity index (χ2v) is 4.97. The second-order valence-electron chi connectivity index (χ2n) is 4.97. The van der Waals surface area contributed by atoms with E-state index < -0.39 is 0 Å². The van der Waals surface area contributed by atoms with E-state index >= 15 is 0 Å². The molecule has 1 amide bonds. The summed E-state index contributed by atoms with van der Waals surface area (Å²) in [5, 5.41) is 2.81. The molecule has 1 aliphatic rings. The van der Waals surface area contributed by atoms with Crippen molar-refractivity contribution in [3.63, 3.8) is 0 Å². The van der Waals surface area contributed by atoms with Gasteiger partial charge >= 0.3 is 0 Å². The number of anilines is 1. The normalized spacial score (nSPS) is 18.4. The van der Waals surface area contributed by atoms with E-state index in [1.54, 1.807) is 24.3 Å². The molecule has 1 fully saturated rings. The molecule has 0 radical (unpaired) electrons. The van der Waals surface area contributed by atoms with Crippen LogP contribution in [0.2, 0.25) is 0 Å². The molecule has 0 saturated carbocycles. The molecule has 2 rings (SSSR count). The Kier molecular flexibility index (Phi) is 6.13. The summed E-state index contributed by atoms with van der Waals surface area (Å²) < 4.78 is 0. The summed E-state index contributed by atoms with van der Waals surface area (Å²) >= 11 is 0. The zero-order valence-electron chi connectivity index (χ0n) is 11.5. The maximum absolute atomic E-state index is 11.9. The molecular formula is C14H20ClN3O2. The predicted octanol–water partition coefficient (Wildman–Crippen LogP) is 1.28. The third kappa shape index (κ3) is 4.59. The number of halogens is 1. The zero-order chi connectivity index (χ0) is 13.8. The Balaban J connectivity index is 0.00000200. The van der Waals surface area contributed by atoms with Crippen LogP contribution in [0.4, 0.5) is 5.69 Å². The van der Waals surface area contributed by atoms with Gasteiger partial charge in [-0.2, -0.15) is 0 Å². The smallest absolute Gasteiger partial charge is 0.238 e. The molecule has 6 heteroatoms. The van der Waals surface area contributed by atoms with E-state index in [9.17, 15) is 9.59 Å². The molecule has 1 aromatic carbocycles. The van der Waals surface area contributed by atoms with Crippen LogP contribution in [0.5, 0.6) is 0 Å². The quantitative estimate of drug-likeness (QED) is 0.821. The molecule has 0 unspecified atom stereocenters. The summed E-state index contributed by atoms with van der Waals surface area (Å²) in [7, 11) is 0. The number of amides is 1. The number of hydrogen-bond acceptors (Lipinski definition) is 4.